The lowest BCUT2D eigenvalue weighted by Gasteiger charge is -2.12. The van der Waals surface area contributed by atoms with Gasteiger partial charge in [-0.2, -0.15) is 8.42 Å². The van der Waals surface area contributed by atoms with Crippen LogP contribution in [0.5, 0.6) is 0 Å². The summed E-state index contributed by atoms with van der Waals surface area (Å²) in [6, 6.07) is 26.8. The van der Waals surface area contributed by atoms with E-state index in [1.807, 2.05) is 41.8 Å². The molecule has 1 aromatic heterocycles. The van der Waals surface area contributed by atoms with Crippen molar-refractivity contribution in [1.82, 2.24) is 10.3 Å². The van der Waals surface area contributed by atoms with Gasteiger partial charge >= 0.3 is 0 Å². The van der Waals surface area contributed by atoms with Crippen molar-refractivity contribution >= 4 is 49.7 Å². The van der Waals surface area contributed by atoms with Crippen LogP contribution in [0.25, 0.3) is 11.3 Å². The molecule has 2 N–H and O–H groups in total. The van der Waals surface area contributed by atoms with E-state index in [0.717, 1.165) is 11.3 Å². The summed E-state index contributed by atoms with van der Waals surface area (Å²) in [6.45, 7) is 0. The first kappa shape index (κ1) is 21.8. The Labute approximate surface area is 195 Å². The van der Waals surface area contributed by atoms with Gasteiger partial charge in [0.15, 0.2) is 16.1 Å². The number of aromatic nitrogens is 1. The van der Waals surface area contributed by atoms with Crippen LogP contribution in [0.4, 0.5) is 5.13 Å². The molecular formula is C23H18N4O2S3. The second-order valence-electron chi connectivity index (χ2n) is 6.58. The standard InChI is InChI=1S/C23H18N4O2S3/c28-32(29,19-14-8-3-9-15-19)27-21(18-12-6-2-7-13-18)25-22(30)26-23-24-20(16-31-23)17-10-4-1-5-11-17/h1-16H,(H2,24,25,26,27,30). The Bertz CT molecular complexity index is 1340. The van der Waals surface area contributed by atoms with Crippen molar-refractivity contribution in [3.05, 3.63) is 102 Å². The zero-order chi connectivity index (χ0) is 22.4. The molecule has 3 aromatic carbocycles. The van der Waals surface area contributed by atoms with Crippen molar-refractivity contribution < 1.29 is 8.42 Å². The number of rotatable bonds is 5. The highest BCUT2D eigenvalue weighted by Gasteiger charge is 2.16. The molecule has 0 bridgehead atoms. The highest BCUT2D eigenvalue weighted by molar-refractivity contribution is 7.90. The summed E-state index contributed by atoms with van der Waals surface area (Å²) in [5, 5.41) is 8.62. The first-order valence-corrected chi connectivity index (χ1v) is 12.3. The van der Waals surface area contributed by atoms with Gasteiger partial charge in [0.05, 0.1) is 10.6 Å². The molecule has 32 heavy (non-hydrogen) atoms. The van der Waals surface area contributed by atoms with Crippen LogP contribution in [0, 0.1) is 0 Å². The Morgan fingerprint density at radius 3 is 2.12 bits per heavy atom. The number of benzene rings is 3. The van der Waals surface area contributed by atoms with Crippen LogP contribution in [-0.4, -0.2) is 24.3 Å². The van der Waals surface area contributed by atoms with Crippen molar-refractivity contribution in [3.63, 3.8) is 0 Å². The fourth-order valence-corrected chi connectivity index (χ4v) is 4.80. The van der Waals surface area contributed by atoms with Gasteiger partial charge in [-0.15, -0.1) is 15.7 Å². The molecule has 9 heteroatoms. The molecule has 0 radical (unpaired) electrons. The second-order valence-corrected chi connectivity index (χ2v) is 9.45. The normalized spacial score (nSPS) is 11.7. The SMILES string of the molecule is O=S(=O)(N=C(NC(=S)Nc1nc(-c2ccccc2)cs1)c1ccccc1)c1ccccc1. The molecule has 0 unspecified atom stereocenters. The maximum absolute atomic E-state index is 12.8. The average Bonchev–Trinajstić information content (AvgIpc) is 3.28. The Morgan fingerprint density at radius 2 is 1.47 bits per heavy atom. The van der Waals surface area contributed by atoms with Gasteiger partial charge in [0, 0.05) is 16.5 Å². The van der Waals surface area contributed by atoms with Crippen molar-refractivity contribution in [2.45, 2.75) is 4.90 Å². The Balaban J connectivity index is 1.57. The van der Waals surface area contributed by atoms with Gasteiger partial charge < -0.3 is 10.6 Å². The summed E-state index contributed by atoms with van der Waals surface area (Å²) < 4.78 is 29.6. The predicted octanol–water partition coefficient (Wildman–Crippen LogP) is 4.93. The molecule has 0 saturated carbocycles. The zero-order valence-corrected chi connectivity index (χ0v) is 19.1. The summed E-state index contributed by atoms with van der Waals surface area (Å²) in [6.07, 6.45) is 0. The molecule has 0 atom stereocenters. The minimum absolute atomic E-state index is 0.0986. The van der Waals surface area contributed by atoms with Crippen LogP contribution in [0.15, 0.2) is 106 Å². The number of thiocarbonyl (C=S) groups is 1. The Hall–Kier alpha value is -3.40. The smallest absolute Gasteiger partial charge is 0.284 e. The number of nitrogens with one attached hydrogen (secondary N) is 2. The lowest BCUT2D eigenvalue weighted by Crippen LogP contribution is -2.35. The van der Waals surface area contributed by atoms with E-state index < -0.39 is 10.0 Å². The van der Waals surface area contributed by atoms with E-state index in [0.29, 0.717) is 10.7 Å². The Morgan fingerprint density at radius 1 is 0.875 bits per heavy atom. The Kier molecular flexibility index (Phi) is 6.69. The highest BCUT2D eigenvalue weighted by Crippen LogP contribution is 2.24. The molecule has 0 aliphatic heterocycles. The van der Waals surface area contributed by atoms with Crippen molar-refractivity contribution in [3.8, 4) is 11.3 Å². The maximum atomic E-state index is 12.8. The van der Waals surface area contributed by atoms with Gasteiger partial charge in [0.1, 0.15) is 0 Å². The van der Waals surface area contributed by atoms with Crippen LogP contribution in [0.2, 0.25) is 0 Å². The van der Waals surface area contributed by atoms with Crippen molar-refractivity contribution in [2.24, 2.45) is 4.40 Å². The fraction of sp³-hybridized carbons (Fsp3) is 0. The number of anilines is 1. The largest absolute Gasteiger partial charge is 0.316 e. The number of thiazole rings is 1. The minimum atomic E-state index is -3.93. The molecule has 4 aromatic rings. The van der Waals surface area contributed by atoms with Crippen molar-refractivity contribution in [1.29, 1.82) is 0 Å². The van der Waals surface area contributed by atoms with E-state index in [4.69, 9.17) is 12.2 Å². The fourth-order valence-electron chi connectivity index (χ4n) is 2.82. The van der Waals surface area contributed by atoms with Gasteiger partial charge in [0.25, 0.3) is 10.0 Å². The van der Waals surface area contributed by atoms with Crippen LogP contribution in [0.3, 0.4) is 0 Å². The average molecular weight is 479 g/mol. The predicted molar refractivity (Wildman–Crippen MR) is 134 cm³/mol. The zero-order valence-electron chi connectivity index (χ0n) is 16.7. The monoisotopic (exact) mass is 478 g/mol. The van der Waals surface area contributed by atoms with Gasteiger partial charge in [-0.05, 0) is 24.4 Å². The lowest BCUT2D eigenvalue weighted by atomic mass is 10.2. The lowest BCUT2D eigenvalue weighted by molar-refractivity contribution is 0.598. The van der Waals surface area contributed by atoms with Gasteiger partial charge in [0.2, 0.25) is 0 Å². The molecule has 0 amide bonds. The topological polar surface area (TPSA) is 83.5 Å². The summed E-state index contributed by atoms with van der Waals surface area (Å²) in [4.78, 5) is 4.64. The number of hydrogen-bond donors (Lipinski definition) is 2. The summed E-state index contributed by atoms with van der Waals surface area (Å²) in [5.74, 6) is 0.117. The third-order valence-electron chi connectivity index (χ3n) is 4.33. The highest BCUT2D eigenvalue weighted by atomic mass is 32.2. The van der Waals surface area contributed by atoms with E-state index in [-0.39, 0.29) is 15.8 Å². The molecule has 160 valence electrons. The molecule has 0 fully saturated rings. The molecule has 0 aliphatic carbocycles. The molecule has 6 nitrogen and oxygen atoms in total. The van der Waals surface area contributed by atoms with Gasteiger partial charge in [-0.25, -0.2) is 4.98 Å². The van der Waals surface area contributed by atoms with Crippen LogP contribution in [-0.2, 0) is 10.0 Å². The van der Waals surface area contributed by atoms with E-state index in [1.165, 1.54) is 23.5 Å². The van der Waals surface area contributed by atoms with E-state index >= 15 is 0 Å². The van der Waals surface area contributed by atoms with E-state index in [9.17, 15) is 8.42 Å². The summed E-state index contributed by atoms with van der Waals surface area (Å²) in [5.41, 5.74) is 2.40. The molecule has 4 rings (SSSR count). The summed E-state index contributed by atoms with van der Waals surface area (Å²) in [7, 11) is -3.93. The van der Waals surface area contributed by atoms with Crippen LogP contribution >= 0.6 is 23.6 Å². The second kappa shape index (κ2) is 9.82. The molecule has 0 saturated heterocycles. The molecule has 0 spiro atoms. The number of hydrogen-bond acceptors (Lipinski definition) is 5. The minimum Gasteiger partial charge on any atom is -0.316 e. The number of amidine groups is 1. The van der Waals surface area contributed by atoms with E-state index in [1.54, 1.807) is 42.5 Å². The van der Waals surface area contributed by atoms with Crippen LogP contribution in [0.1, 0.15) is 5.56 Å². The van der Waals surface area contributed by atoms with Gasteiger partial charge in [-0.1, -0.05) is 78.9 Å². The van der Waals surface area contributed by atoms with Crippen molar-refractivity contribution in [2.75, 3.05) is 5.32 Å². The third kappa shape index (κ3) is 5.44. The third-order valence-corrected chi connectivity index (χ3v) is 6.58. The summed E-state index contributed by atoms with van der Waals surface area (Å²) >= 11 is 6.81. The molecule has 1 heterocycles. The first-order valence-electron chi connectivity index (χ1n) is 9.56. The number of nitrogens with zero attached hydrogens (tertiary/aromatic N) is 2. The molecular weight excluding hydrogens is 460 g/mol. The maximum Gasteiger partial charge on any atom is 0.284 e. The quantitative estimate of drug-likeness (QED) is 0.240. The van der Waals surface area contributed by atoms with E-state index in [2.05, 4.69) is 20.0 Å². The van der Waals surface area contributed by atoms with Crippen LogP contribution < -0.4 is 10.6 Å². The molecule has 0 aliphatic rings. The van der Waals surface area contributed by atoms with Gasteiger partial charge in [-0.3, -0.25) is 0 Å². The first-order chi connectivity index (χ1) is 15.5. The number of sulfonamides is 1.